The van der Waals surface area contributed by atoms with Gasteiger partial charge in [0.1, 0.15) is 0 Å². The number of nitrogens with two attached hydrogens (primary N) is 2. The quantitative estimate of drug-likeness (QED) is 0.325. The number of anilines is 1. The summed E-state index contributed by atoms with van der Waals surface area (Å²) in [6.45, 7) is 0. The zero-order valence-electron chi connectivity index (χ0n) is 7.88. The zero-order chi connectivity index (χ0) is 10.6. The van der Waals surface area contributed by atoms with Crippen LogP contribution in [0.3, 0.4) is 0 Å². The highest BCUT2D eigenvalue weighted by molar-refractivity contribution is 5.85. The molecule has 0 amide bonds. The molecule has 1 rings (SSSR count). The fourth-order valence-corrected chi connectivity index (χ4v) is 1.18. The molecule has 0 unspecified atom stereocenters. The fraction of sp³-hybridized carbons (Fsp3) is 0.200. The van der Waals surface area contributed by atoms with Gasteiger partial charge in [0, 0.05) is 23.9 Å². The summed E-state index contributed by atoms with van der Waals surface area (Å²) in [5.74, 6) is 0.179. The standard InChI is InChI=1S/C10H14N4/c11-6-8-5-7(1-3-9(8)12)2-4-10(13)14/h1,3,5-6,11H,2,4,12H2,(H3,13,14). The first kappa shape index (κ1) is 10.2. The van der Waals surface area contributed by atoms with Crippen molar-refractivity contribution in [3.8, 4) is 0 Å². The molecule has 0 saturated carbocycles. The van der Waals surface area contributed by atoms with Crippen molar-refractivity contribution in [1.82, 2.24) is 0 Å². The Hall–Kier alpha value is -1.84. The van der Waals surface area contributed by atoms with E-state index in [0.717, 1.165) is 12.0 Å². The van der Waals surface area contributed by atoms with Gasteiger partial charge >= 0.3 is 0 Å². The SMILES string of the molecule is N=Cc1cc(CCC(=N)N)ccc1N. The molecule has 0 aliphatic rings. The molecule has 6 N–H and O–H groups in total. The zero-order valence-corrected chi connectivity index (χ0v) is 7.88. The molecule has 0 saturated heterocycles. The molecule has 0 aliphatic carbocycles. The van der Waals surface area contributed by atoms with E-state index in [1.54, 1.807) is 6.07 Å². The minimum atomic E-state index is 0.179. The van der Waals surface area contributed by atoms with Crippen molar-refractivity contribution in [2.45, 2.75) is 12.8 Å². The second-order valence-corrected chi connectivity index (χ2v) is 3.13. The first-order valence-corrected chi connectivity index (χ1v) is 4.35. The minimum absolute atomic E-state index is 0.179. The lowest BCUT2D eigenvalue weighted by Crippen LogP contribution is -2.10. The van der Waals surface area contributed by atoms with E-state index in [2.05, 4.69) is 0 Å². The Balaban J connectivity index is 2.79. The summed E-state index contributed by atoms with van der Waals surface area (Å²) in [6.07, 6.45) is 2.49. The fourth-order valence-electron chi connectivity index (χ4n) is 1.18. The van der Waals surface area contributed by atoms with Crippen LogP contribution in [0.15, 0.2) is 18.2 Å². The van der Waals surface area contributed by atoms with E-state index >= 15 is 0 Å². The third-order valence-corrected chi connectivity index (χ3v) is 1.99. The number of nitrogen functional groups attached to an aromatic ring is 1. The summed E-state index contributed by atoms with van der Waals surface area (Å²) in [6, 6.07) is 5.52. The second kappa shape index (κ2) is 4.41. The Bertz CT molecular complexity index is 357. The molecular weight excluding hydrogens is 176 g/mol. The Morgan fingerprint density at radius 2 is 2.14 bits per heavy atom. The topological polar surface area (TPSA) is 99.7 Å². The third-order valence-electron chi connectivity index (χ3n) is 1.99. The molecule has 0 radical (unpaired) electrons. The van der Waals surface area contributed by atoms with Gasteiger partial charge in [-0.1, -0.05) is 6.07 Å². The molecular formula is C10H14N4. The first-order chi connectivity index (χ1) is 6.63. The lowest BCUT2D eigenvalue weighted by molar-refractivity contribution is 1.02. The van der Waals surface area contributed by atoms with Crippen LogP contribution < -0.4 is 11.5 Å². The van der Waals surface area contributed by atoms with E-state index in [9.17, 15) is 0 Å². The molecule has 1 aromatic carbocycles. The number of aryl methyl sites for hydroxylation is 1. The second-order valence-electron chi connectivity index (χ2n) is 3.13. The molecule has 1 aromatic rings. The van der Waals surface area contributed by atoms with Crippen LogP contribution in [0.4, 0.5) is 5.69 Å². The highest BCUT2D eigenvalue weighted by atomic mass is 14.7. The van der Waals surface area contributed by atoms with E-state index in [-0.39, 0.29) is 5.84 Å². The summed E-state index contributed by atoms with van der Waals surface area (Å²) in [7, 11) is 0. The van der Waals surface area contributed by atoms with Crippen molar-refractivity contribution in [2.75, 3.05) is 5.73 Å². The average molecular weight is 190 g/mol. The van der Waals surface area contributed by atoms with Crippen molar-refractivity contribution in [2.24, 2.45) is 5.73 Å². The molecule has 0 spiro atoms. The van der Waals surface area contributed by atoms with Gasteiger partial charge in [-0.05, 0) is 24.1 Å². The molecule has 4 heteroatoms. The lowest BCUT2D eigenvalue weighted by atomic mass is 10.1. The van der Waals surface area contributed by atoms with Crippen molar-refractivity contribution in [3.63, 3.8) is 0 Å². The molecule has 14 heavy (non-hydrogen) atoms. The van der Waals surface area contributed by atoms with Crippen LogP contribution >= 0.6 is 0 Å². The van der Waals surface area contributed by atoms with Crippen LogP contribution in [-0.2, 0) is 6.42 Å². The monoisotopic (exact) mass is 190 g/mol. The van der Waals surface area contributed by atoms with E-state index in [1.807, 2.05) is 12.1 Å². The maximum absolute atomic E-state index is 7.13. The van der Waals surface area contributed by atoms with Gasteiger partial charge in [-0.25, -0.2) is 0 Å². The maximum atomic E-state index is 7.13. The average Bonchev–Trinajstić information content (AvgIpc) is 2.16. The smallest absolute Gasteiger partial charge is 0.0908 e. The Morgan fingerprint density at radius 3 is 2.71 bits per heavy atom. The molecule has 74 valence electrons. The van der Waals surface area contributed by atoms with Gasteiger partial charge < -0.3 is 16.9 Å². The minimum Gasteiger partial charge on any atom is -0.398 e. The third kappa shape index (κ3) is 2.58. The van der Waals surface area contributed by atoms with Gasteiger partial charge in [0.05, 0.1) is 5.84 Å². The molecule has 0 fully saturated rings. The molecule has 0 aromatic heterocycles. The predicted octanol–water partition coefficient (Wildman–Crippen LogP) is 1.14. The summed E-state index contributed by atoms with van der Waals surface area (Å²) in [4.78, 5) is 0. The number of hydrogen-bond donors (Lipinski definition) is 4. The van der Waals surface area contributed by atoms with Crippen molar-refractivity contribution >= 4 is 17.7 Å². The highest BCUT2D eigenvalue weighted by Crippen LogP contribution is 2.13. The van der Waals surface area contributed by atoms with Crippen molar-refractivity contribution in [3.05, 3.63) is 29.3 Å². The molecule has 0 bridgehead atoms. The van der Waals surface area contributed by atoms with Crippen LogP contribution in [0.2, 0.25) is 0 Å². The number of amidine groups is 1. The number of rotatable bonds is 4. The normalized spacial score (nSPS) is 9.71. The van der Waals surface area contributed by atoms with Crippen LogP contribution in [0.5, 0.6) is 0 Å². The summed E-state index contributed by atoms with van der Waals surface area (Å²) >= 11 is 0. The maximum Gasteiger partial charge on any atom is 0.0908 e. The molecule has 4 nitrogen and oxygen atoms in total. The van der Waals surface area contributed by atoms with Crippen LogP contribution in [-0.4, -0.2) is 12.1 Å². The number of benzene rings is 1. The Morgan fingerprint density at radius 1 is 1.43 bits per heavy atom. The largest absolute Gasteiger partial charge is 0.398 e. The van der Waals surface area contributed by atoms with Gasteiger partial charge in [0.2, 0.25) is 0 Å². The summed E-state index contributed by atoms with van der Waals surface area (Å²) in [5.41, 5.74) is 13.3. The van der Waals surface area contributed by atoms with E-state index < -0.39 is 0 Å². The molecule has 0 atom stereocenters. The molecule has 0 heterocycles. The van der Waals surface area contributed by atoms with Gasteiger partial charge in [-0.3, -0.25) is 5.41 Å². The lowest BCUT2D eigenvalue weighted by Gasteiger charge is -2.04. The van der Waals surface area contributed by atoms with Gasteiger partial charge in [0.25, 0.3) is 0 Å². The van der Waals surface area contributed by atoms with E-state index in [4.69, 9.17) is 22.3 Å². The van der Waals surface area contributed by atoms with Gasteiger partial charge in [-0.15, -0.1) is 0 Å². The van der Waals surface area contributed by atoms with Crippen molar-refractivity contribution in [1.29, 1.82) is 10.8 Å². The number of nitrogens with one attached hydrogen (secondary N) is 2. The van der Waals surface area contributed by atoms with Gasteiger partial charge in [-0.2, -0.15) is 0 Å². The van der Waals surface area contributed by atoms with Crippen LogP contribution in [0, 0.1) is 10.8 Å². The Kier molecular flexibility index (Phi) is 3.23. The summed E-state index contributed by atoms with van der Waals surface area (Å²) < 4.78 is 0. The molecule has 0 aliphatic heterocycles. The highest BCUT2D eigenvalue weighted by Gasteiger charge is 1.99. The van der Waals surface area contributed by atoms with E-state index in [1.165, 1.54) is 6.21 Å². The van der Waals surface area contributed by atoms with E-state index in [0.29, 0.717) is 17.7 Å². The number of hydrogen-bond acceptors (Lipinski definition) is 3. The van der Waals surface area contributed by atoms with Crippen LogP contribution in [0.25, 0.3) is 0 Å². The predicted molar refractivity (Wildman–Crippen MR) is 59.0 cm³/mol. The Labute approximate surface area is 82.9 Å². The van der Waals surface area contributed by atoms with Gasteiger partial charge in [0.15, 0.2) is 0 Å². The summed E-state index contributed by atoms with van der Waals surface area (Å²) in [5, 5.41) is 14.2. The van der Waals surface area contributed by atoms with Crippen molar-refractivity contribution < 1.29 is 0 Å². The van der Waals surface area contributed by atoms with Crippen LogP contribution in [0.1, 0.15) is 17.5 Å². The first-order valence-electron chi connectivity index (χ1n) is 4.35.